The summed E-state index contributed by atoms with van der Waals surface area (Å²) in [6.45, 7) is 3.78. The van der Waals surface area contributed by atoms with Crippen molar-refractivity contribution in [2.24, 2.45) is 0 Å². The van der Waals surface area contributed by atoms with Gasteiger partial charge in [0, 0.05) is 0 Å². The zero-order valence-corrected chi connectivity index (χ0v) is 13.4. The maximum absolute atomic E-state index is 12.8. The summed E-state index contributed by atoms with van der Waals surface area (Å²) in [5.41, 5.74) is 3.40. The summed E-state index contributed by atoms with van der Waals surface area (Å²) in [4.78, 5) is 20.5. The molecule has 2 aromatic heterocycles. The number of aromatic nitrogens is 3. The molecule has 0 fully saturated rings. The van der Waals surface area contributed by atoms with E-state index in [4.69, 9.17) is 23.2 Å². The molecule has 4 aromatic rings. The molecule has 6 heteroatoms. The summed E-state index contributed by atoms with van der Waals surface area (Å²) >= 11 is 12.9. The van der Waals surface area contributed by atoms with Crippen LogP contribution in [0.1, 0.15) is 11.1 Å². The fourth-order valence-electron chi connectivity index (χ4n) is 2.76. The van der Waals surface area contributed by atoms with Gasteiger partial charge in [0.05, 0.1) is 26.5 Å². The van der Waals surface area contributed by atoms with E-state index in [-0.39, 0.29) is 5.56 Å². The van der Waals surface area contributed by atoms with Gasteiger partial charge in [0.2, 0.25) is 5.78 Å². The number of hydrogen-bond acceptors (Lipinski definition) is 2. The van der Waals surface area contributed by atoms with Crippen LogP contribution in [0.2, 0.25) is 10.0 Å². The van der Waals surface area contributed by atoms with Crippen LogP contribution in [-0.2, 0) is 0 Å². The minimum Gasteiger partial charge on any atom is -0.324 e. The molecule has 2 heterocycles. The van der Waals surface area contributed by atoms with E-state index in [1.165, 1.54) is 4.40 Å². The summed E-state index contributed by atoms with van der Waals surface area (Å²) in [6.07, 6.45) is 0. The van der Waals surface area contributed by atoms with Crippen molar-refractivity contribution in [2.75, 3.05) is 0 Å². The molecule has 0 aliphatic carbocycles. The number of imidazole rings is 1. The predicted octanol–water partition coefficient (Wildman–Crippen LogP) is 4.25. The Kier molecular flexibility index (Phi) is 2.77. The largest absolute Gasteiger partial charge is 0.324 e. The number of nitrogens with one attached hydrogen (secondary N) is 1. The summed E-state index contributed by atoms with van der Waals surface area (Å²) in [6, 6.07) is 7.31. The Bertz CT molecular complexity index is 1140. The van der Waals surface area contributed by atoms with E-state index < -0.39 is 0 Å². The summed E-state index contributed by atoms with van der Waals surface area (Å²) in [5.74, 6) is 0.438. The van der Waals surface area contributed by atoms with Crippen LogP contribution >= 0.6 is 23.2 Å². The first-order valence-electron chi connectivity index (χ1n) is 6.78. The minimum absolute atomic E-state index is 0.159. The minimum atomic E-state index is -0.159. The molecule has 0 aliphatic rings. The van der Waals surface area contributed by atoms with Gasteiger partial charge < -0.3 is 4.98 Å². The van der Waals surface area contributed by atoms with Crippen molar-refractivity contribution in [3.63, 3.8) is 0 Å². The average Bonchev–Trinajstić information content (AvgIpc) is 2.91. The van der Waals surface area contributed by atoms with Gasteiger partial charge >= 0.3 is 0 Å². The number of fused-ring (bicyclic) bond motifs is 4. The highest BCUT2D eigenvalue weighted by Gasteiger charge is 2.19. The second-order valence-electron chi connectivity index (χ2n) is 5.32. The molecule has 0 spiro atoms. The molecule has 4 nitrogen and oxygen atoms in total. The predicted molar refractivity (Wildman–Crippen MR) is 90.3 cm³/mol. The van der Waals surface area contributed by atoms with Crippen LogP contribution in [0.3, 0.4) is 0 Å². The molecule has 110 valence electrons. The number of H-pyrrole nitrogens is 1. The lowest BCUT2D eigenvalue weighted by Crippen LogP contribution is -2.14. The Morgan fingerprint density at radius 1 is 1.09 bits per heavy atom. The van der Waals surface area contributed by atoms with Gasteiger partial charge in [-0.15, -0.1) is 0 Å². The van der Waals surface area contributed by atoms with E-state index in [1.807, 2.05) is 32.0 Å². The van der Waals surface area contributed by atoms with Crippen molar-refractivity contribution in [2.45, 2.75) is 13.8 Å². The van der Waals surface area contributed by atoms with Crippen LogP contribution in [0.5, 0.6) is 0 Å². The lowest BCUT2D eigenvalue weighted by Gasteiger charge is -2.07. The molecular formula is C16H11Cl2N3O. The van der Waals surface area contributed by atoms with Crippen LogP contribution in [0, 0.1) is 13.8 Å². The molecule has 0 aliphatic heterocycles. The first kappa shape index (κ1) is 13.6. The number of benzene rings is 2. The highest BCUT2D eigenvalue weighted by Crippen LogP contribution is 2.35. The Balaban J connectivity index is 2.39. The quantitative estimate of drug-likeness (QED) is 0.523. The SMILES string of the molecule is Cc1c(C)c(Cl)c2c(nc3[nH]c4ccccc4c(=O)n32)c1Cl. The number of aromatic amines is 1. The Morgan fingerprint density at radius 3 is 2.55 bits per heavy atom. The van der Waals surface area contributed by atoms with Gasteiger partial charge in [-0.05, 0) is 37.1 Å². The van der Waals surface area contributed by atoms with E-state index in [9.17, 15) is 4.79 Å². The van der Waals surface area contributed by atoms with E-state index >= 15 is 0 Å². The lowest BCUT2D eigenvalue weighted by atomic mass is 10.1. The number of rotatable bonds is 0. The van der Waals surface area contributed by atoms with Crippen molar-refractivity contribution in [1.29, 1.82) is 0 Å². The van der Waals surface area contributed by atoms with Crippen molar-refractivity contribution >= 4 is 50.9 Å². The van der Waals surface area contributed by atoms with E-state index in [1.54, 1.807) is 6.07 Å². The van der Waals surface area contributed by atoms with Crippen molar-refractivity contribution in [3.05, 3.63) is 55.8 Å². The number of hydrogen-bond donors (Lipinski definition) is 1. The van der Waals surface area contributed by atoms with Crippen LogP contribution in [0.25, 0.3) is 27.7 Å². The van der Waals surface area contributed by atoms with E-state index in [2.05, 4.69) is 9.97 Å². The Labute approximate surface area is 135 Å². The van der Waals surface area contributed by atoms with Gasteiger partial charge in [-0.1, -0.05) is 35.3 Å². The van der Waals surface area contributed by atoms with Gasteiger partial charge in [-0.25, -0.2) is 9.38 Å². The van der Waals surface area contributed by atoms with Crippen molar-refractivity contribution in [3.8, 4) is 0 Å². The summed E-state index contributed by atoms with van der Waals surface area (Å²) in [7, 11) is 0. The molecule has 0 bridgehead atoms. The summed E-state index contributed by atoms with van der Waals surface area (Å²) < 4.78 is 1.50. The molecule has 0 atom stereocenters. The van der Waals surface area contributed by atoms with E-state index in [0.29, 0.717) is 32.2 Å². The maximum Gasteiger partial charge on any atom is 0.267 e. The van der Waals surface area contributed by atoms with Gasteiger partial charge in [-0.3, -0.25) is 4.79 Å². The standard InChI is InChI=1S/C16H11Cl2N3O/c1-7-8(2)12(18)14-13(11(7)17)20-16-19-10-6-4-3-5-9(10)15(22)21(14)16/h3-6H,1-2H3,(H,19,20). The molecule has 2 aromatic carbocycles. The number of para-hydroxylation sites is 1. The molecule has 0 saturated carbocycles. The molecule has 1 N–H and O–H groups in total. The molecular weight excluding hydrogens is 321 g/mol. The Morgan fingerprint density at radius 2 is 1.77 bits per heavy atom. The second kappa shape index (κ2) is 4.48. The molecule has 0 saturated heterocycles. The smallest absolute Gasteiger partial charge is 0.267 e. The molecule has 0 radical (unpaired) electrons. The van der Waals surface area contributed by atoms with E-state index in [0.717, 1.165) is 16.6 Å². The average molecular weight is 332 g/mol. The van der Waals surface area contributed by atoms with Gasteiger partial charge in [-0.2, -0.15) is 0 Å². The molecule has 4 rings (SSSR count). The van der Waals surface area contributed by atoms with Crippen molar-refractivity contribution in [1.82, 2.24) is 14.4 Å². The molecule has 22 heavy (non-hydrogen) atoms. The molecule has 0 amide bonds. The zero-order valence-electron chi connectivity index (χ0n) is 11.9. The van der Waals surface area contributed by atoms with Gasteiger partial charge in [0.1, 0.15) is 5.52 Å². The third-order valence-corrected chi connectivity index (χ3v) is 5.05. The third-order valence-electron chi connectivity index (χ3n) is 4.12. The first-order valence-corrected chi connectivity index (χ1v) is 7.53. The van der Waals surface area contributed by atoms with Crippen LogP contribution < -0.4 is 5.56 Å². The normalized spacial score (nSPS) is 11.8. The van der Waals surface area contributed by atoms with Crippen LogP contribution in [0.15, 0.2) is 29.1 Å². The number of halogens is 2. The molecule has 0 unspecified atom stereocenters. The Hall–Kier alpha value is -2.04. The van der Waals surface area contributed by atoms with Crippen LogP contribution in [0.4, 0.5) is 0 Å². The van der Waals surface area contributed by atoms with Crippen molar-refractivity contribution < 1.29 is 0 Å². The van der Waals surface area contributed by atoms with Gasteiger partial charge in [0.25, 0.3) is 5.56 Å². The number of nitrogens with zero attached hydrogens (tertiary/aromatic N) is 2. The van der Waals surface area contributed by atoms with Gasteiger partial charge in [0.15, 0.2) is 0 Å². The monoisotopic (exact) mass is 331 g/mol. The third kappa shape index (κ3) is 1.59. The first-order chi connectivity index (χ1) is 10.5. The van der Waals surface area contributed by atoms with Crippen LogP contribution in [-0.4, -0.2) is 14.4 Å². The summed E-state index contributed by atoms with van der Waals surface area (Å²) in [5, 5.41) is 1.61. The fourth-order valence-corrected chi connectivity index (χ4v) is 3.35. The second-order valence-corrected chi connectivity index (χ2v) is 6.08. The zero-order chi connectivity index (χ0) is 15.6. The highest BCUT2D eigenvalue weighted by molar-refractivity contribution is 6.41. The lowest BCUT2D eigenvalue weighted by molar-refractivity contribution is 1.12. The topological polar surface area (TPSA) is 50.2 Å². The highest BCUT2D eigenvalue weighted by atomic mass is 35.5. The maximum atomic E-state index is 12.8. The fraction of sp³-hybridized carbons (Fsp3) is 0.125.